The molecule has 2 aliphatic rings. The van der Waals surface area contributed by atoms with Gasteiger partial charge in [0, 0.05) is 37.6 Å². The number of benzene rings is 2. The third kappa shape index (κ3) is 4.89. The lowest BCUT2D eigenvalue weighted by Gasteiger charge is -2.32. The van der Waals surface area contributed by atoms with Crippen LogP contribution in [-0.4, -0.2) is 44.8 Å². The molecule has 0 unspecified atom stereocenters. The highest BCUT2D eigenvalue weighted by Crippen LogP contribution is 2.27. The number of nitrogens with zero attached hydrogens (tertiary/aromatic N) is 2. The predicted octanol–water partition coefficient (Wildman–Crippen LogP) is 4.61. The fourth-order valence-corrected chi connectivity index (χ4v) is 5.88. The van der Waals surface area contributed by atoms with Crippen LogP contribution in [0.4, 0.5) is 11.4 Å². The van der Waals surface area contributed by atoms with Crippen LogP contribution in [-0.2, 0) is 10.0 Å². The number of piperidine rings is 1. The largest absolute Gasteiger partial charge is 0.372 e. The van der Waals surface area contributed by atoms with E-state index in [-0.39, 0.29) is 15.5 Å². The molecule has 8 heteroatoms. The Morgan fingerprint density at radius 2 is 1.65 bits per heavy atom. The molecule has 0 radical (unpaired) electrons. The summed E-state index contributed by atoms with van der Waals surface area (Å²) in [5, 5.41) is 3.05. The second kappa shape index (κ2) is 9.18. The van der Waals surface area contributed by atoms with Gasteiger partial charge >= 0.3 is 0 Å². The minimum atomic E-state index is -3.62. The Kier molecular flexibility index (Phi) is 6.55. The fourth-order valence-electron chi connectivity index (χ4n) is 4.14. The van der Waals surface area contributed by atoms with Crippen LogP contribution in [0, 0.1) is 5.92 Å². The first kappa shape index (κ1) is 22.1. The number of nitrogens with one attached hydrogen (secondary N) is 1. The van der Waals surface area contributed by atoms with Gasteiger partial charge in [0.05, 0.1) is 15.5 Å². The first-order chi connectivity index (χ1) is 14.8. The van der Waals surface area contributed by atoms with E-state index in [0.29, 0.717) is 18.8 Å². The van der Waals surface area contributed by atoms with Gasteiger partial charge in [-0.2, -0.15) is 4.31 Å². The predicted molar refractivity (Wildman–Crippen MR) is 124 cm³/mol. The zero-order valence-electron chi connectivity index (χ0n) is 17.7. The second-order valence-electron chi connectivity index (χ2n) is 8.42. The summed E-state index contributed by atoms with van der Waals surface area (Å²) in [6.07, 6.45) is 4.08. The van der Waals surface area contributed by atoms with Crippen LogP contribution < -0.4 is 10.2 Å². The molecule has 0 saturated carbocycles. The molecule has 31 heavy (non-hydrogen) atoms. The normalized spacial score (nSPS) is 18.3. The maximum absolute atomic E-state index is 12.8. The van der Waals surface area contributed by atoms with Gasteiger partial charge in [-0.25, -0.2) is 8.42 Å². The van der Waals surface area contributed by atoms with E-state index in [1.54, 1.807) is 0 Å². The van der Waals surface area contributed by atoms with Crippen LogP contribution in [0.2, 0.25) is 5.02 Å². The van der Waals surface area contributed by atoms with Crippen molar-refractivity contribution in [3.05, 3.63) is 53.1 Å². The van der Waals surface area contributed by atoms with Crippen LogP contribution >= 0.6 is 11.6 Å². The zero-order chi connectivity index (χ0) is 22.0. The highest BCUT2D eigenvalue weighted by Gasteiger charge is 2.28. The summed E-state index contributed by atoms with van der Waals surface area (Å²) in [7, 11) is -3.62. The minimum absolute atomic E-state index is 0.0959. The van der Waals surface area contributed by atoms with E-state index < -0.39 is 15.9 Å². The van der Waals surface area contributed by atoms with Crippen LogP contribution in [0.3, 0.4) is 0 Å². The van der Waals surface area contributed by atoms with Crippen molar-refractivity contribution in [3.8, 4) is 0 Å². The molecule has 0 aromatic heterocycles. The van der Waals surface area contributed by atoms with Crippen LogP contribution in [0.15, 0.2) is 47.4 Å². The molecule has 0 spiro atoms. The van der Waals surface area contributed by atoms with Crippen LogP contribution in [0.5, 0.6) is 0 Å². The minimum Gasteiger partial charge on any atom is -0.372 e. The summed E-state index contributed by atoms with van der Waals surface area (Å²) in [6.45, 7) is 5.39. The summed E-state index contributed by atoms with van der Waals surface area (Å²) in [5.41, 5.74) is 1.93. The third-order valence-corrected chi connectivity index (χ3v) is 8.38. The molecule has 1 amide bonds. The summed E-state index contributed by atoms with van der Waals surface area (Å²) in [5.74, 6) is 0.340. The van der Waals surface area contributed by atoms with Gasteiger partial charge in [-0.1, -0.05) is 18.5 Å². The molecular weight excluding hydrogens is 434 g/mol. The summed E-state index contributed by atoms with van der Waals surface area (Å²) in [4.78, 5) is 15.3. The van der Waals surface area contributed by atoms with E-state index >= 15 is 0 Å². The summed E-state index contributed by atoms with van der Waals surface area (Å²) < 4.78 is 27.1. The molecule has 4 rings (SSSR count). The molecule has 2 aliphatic heterocycles. The highest BCUT2D eigenvalue weighted by molar-refractivity contribution is 7.89. The van der Waals surface area contributed by atoms with Gasteiger partial charge in [-0.05, 0) is 74.1 Å². The second-order valence-corrected chi connectivity index (χ2v) is 10.8. The van der Waals surface area contributed by atoms with Gasteiger partial charge in [0.1, 0.15) is 0 Å². The fraction of sp³-hybridized carbons (Fsp3) is 0.435. The number of sulfonamides is 1. The Balaban J connectivity index is 1.48. The van der Waals surface area contributed by atoms with E-state index in [0.717, 1.165) is 37.5 Å². The van der Waals surface area contributed by atoms with E-state index in [4.69, 9.17) is 11.6 Å². The zero-order valence-corrected chi connectivity index (χ0v) is 19.3. The molecular formula is C23H28ClN3O3S. The highest BCUT2D eigenvalue weighted by atomic mass is 35.5. The van der Waals surface area contributed by atoms with Crippen molar-refractivity contribution < 1.29 is 13.2 Å². The van der Waals surface area contributed by atoms with Crippen molar-refractivity contribution in [2.24, 2.45) is 5.92 Å². The monoisotopic (exact) mass is 461 g/mol. The lowest BCUT2D eigenvalue weighted by atomic mass is 9.99. The van der Waals surface area contributed by atoms with Crippen molar-refractivity contribution in [1.82, 2.24) is 4.31 Å². The molecule has 166 valence electrons. The van der Waals surface area contributed by atoms with Gasteiger partial charge in [0.25, 0.3) is 5.91 Å². The van der Waals surface area contributed by atoms with Gasteiger partial charge < -0.3 is 10.2 Å². The number of anilines is 2. The van der Waals surface area contributed by atoms with Crippen LogP contribution in [0.1, 0.15) is 43.0 Å². The van der Waals surface area contributed by atoms with E-state index in [9.17, 15) is 13.2 Å². The Morgan fingerprint density at radius 3 is 2.29 bits per heavy atom. The molecule has 2 fully saturated rings. The molecule has 0 bridgehead atoms. The van der Waals surface area contributed by atoms with Crippen molar-refractivity contribution in [2.75, 3.05) is 36.4 Å². The van der Waals surface area contributed by atoms with Crippen molar-refractivity contribution in [2.45, 2.75) is 37.5 Å². The molecule has 1 N–H and O–H groups in total. The van der Waals surface area contributed by atoms with Gasteiger partial charge in [0.15, 0.2) is 0 Å². The Labute approximate surface area is 189 Å². The lowest BCUT2D eigenvalue weighted by molar-refractivity contribution is 0.102. The lowest BCUT2D eigenvalue weighted by Crippen LogP contribution is -2.32. The van der Waals surface area contributed by atoms with Crippen molar-refractivity contribution in [1.29, 1.82) is 0 Å². The number of carbonyl (C=O) groups is 1. The topological polar surface area (TPSA) is 69.7 Å². The van der Waals surface area contributed by atoms with Crippen molar-refractivity contribution >= 4 is 38.9 Å². The Bertz CT molecular complexity index is 1040. The maximum atomic E-state index is 12.8. The number of rotatable bonds is 5. The first-order valence-corrected chi connectivity index (χ1v) is 12.6. The van der Waals surface area contributed by atoms with E-state index in [2.05, 4.69) is 17.1 Å². The van der Waals surface area contributed by atoms with Crippen LogP contribution in [0.25, 0.3) is 0 Å². The molecule has 2 aromatic carbocycles. The number of amides is 1. The number of carbonyl (C=O) groups excluding carboxylic acids is 1. The molecule has 2 heterocycles. The third-order valence-electron chi connectivity index (χ3n) is 6.16. The summed E-state index contributed by atoms with van der Waals surface area (Å²) >= 11 is 6.23. The van der Waals surface area contributed by atoms with Gasteiger partial charge in [0.2, 0.25) is 10.0 Å². The molecule has 2 aromatic rings. The molecule has 6 nitrogen and oxygen atoms in total. The molecule has 0 aliphatic carbocycles. The Morgan fingerprint density at radius 1 is 1.00 bits per heavy atom. The number of hydrogen-bond acceptors (Lipinski definition) is 4. The molecule has 2 saturated heterocycles. The van der Waals surface area contributed by atoms with Gasteiger partial charge in [-0.15, -0.1) is 0 Å². The number of halogens is 1. The SMILES string of the molecule is CC1CCN(c2ccc(NC(=O)c3cc(S(=O)(=O)N4CCCC4)ccc3Cl)cc2)CC1. The average molecular weight is 462 g/mol. The number of hydrogen-bond donors (Lipinski definition) is 1. The van der Waals surface area contributed by atoms with Gasteiger partial charge in [-0.3, -0.25) is 4.79 Å². The molecule has 0 atom stereocenters. The maximum Gasteiger partial charge on any atom is 0.257 e. The Hall–Kier alpha value is -2.09. The quantitative estimate of drug-likeness (QED) is 0.705. The first-order valence-electron chi connectivity index (χ1n) is 10.8. The smallest absolute Gasteiger partial charge is 0.257 e. The van der Waals surface area contributed by atoms with E-state index in [1.165, 1.54) is 35.3 Å². The van der Waals surface area contributed by atoms with E-state index in [1.807, 2.05) is 24.3 Å². The standard InChI is InChI=1S/C23H28ClN3O3S/c1-17-10-14-26(15-11-17)19-6-4-18(5-7-19)25-23(28)21-16-20(8-9-22(21)24)31(29,30)27-12-2-3-13-27/h4-9,16-17H,2-3,10-15H2,1H3,(H,25,28). The summed E-state index contributed by atoms with van der Waals surface area (Å²) in [6, 6.07) is 12.0. The average Bonchev–Trinajstić information content (AvgIpc) is 3.31. The van der Waals surface area contributed by atoms with Crippen molar-refractivity contribution in [3.63, 3.8) is 0 Å².